The first-order valence-corrected chi connectivity index (χ1v) is 20.5. The summed E-state index contributed by atoms with van der Waals surface area (Å²) in [6.45, 7) is 8.61. The van der Waals surface area contributed by atoms with Crippen LogP contribution < -0.4 is 11.2 Å². The molecule has 2 rings (SSSR count). The number of nitrogens with zero attached hydrogens (tertiary/aromatic N) is 4. The maximum Gasteiger partial charge on any atom is 0.472 e. The highest BCUT2D eigenvalue weighted by Crippen LogP contribution is 2.44. The fraction of sp³-hybridized carbons (Fsp3) is 0.886. The van der Waals surface area contributed by atoms with Crippen LogP contribution in [0.15, 0.2) is 20.9 Å². The summed E-state index contributed by atoms with van der Waals surface area (Å²) in [6, 6.07) is -0.772. The molecule has 288 valence electrons. The van der Waals surface area contributed by atoms with Gasteiger partial charge in [0.1, 0.15) is 6.23 Å². The zero-order valence-electron chi connectivity index (χ0n) is 31.0. The molecular formula is C35H64N5O9P. The molecule has 6 atom stereocenters. The zero-order chi connectivity index (χ0) is 36.6. The lowest BCUT2D eigenvalue weighted by Crippen LogP contribution is -2.33. The van der Waals surface area contributed by atoms with Gasteiger partial charge in [-0.15, -0.1) is 0 Å². The Bertz CT molecular complexity index is 1270. The first-order valence-electron chi connectivity index (χ1n) is 19.0. The maximum absolute atomic E-state index is 12.6. The van der Waals surface area contributed by atoms with Gasteiger partial charge in [0.25, 0.3) is 5.56 Å². The summed E-state index contributed by atoms with van der Waals surface area (Å²) in [5, 5.41) is 3.70. The number of unbranched alkanes of at least 4 members (excludes halogenated alkanes) is 13. The molecule has 0 amide bonds. The number of phosphoric ester groups is 1. The second-order valence-corrected chi connectivity index (χ2v) is 14.9. The number of aromatic amines is 1. The molecule has 15 heteroatoms. The van der Waals surface area contributed by atoms with E-state index in [-0.39, 0.29) is 25.2 Å². The molecule has 1 aliphatic rings. The third-order valence-corrected chi connectivity index (χ3v) is 10.1. The van der Waals surface area contributed by atoms with Crippen LogP contribution in [0.4, 0.5) is 0 Å². The van der Waals surface area contributed by atoms with Gasteiger partial charge >= 0.3 is 13.5 Å². The number of rotatable bonds is 30. The number of phosphoric acid groups is 1. The monoisotopic (exact) mass is 729 g/mol. The summed E-state index contributed by atoms with van der Waals surface area (Å²) < 4.78 is 42.3. The van der Waals surface area contributed by atoms with Gasteiger partial charge in [0.15, 0.2) is 0 Å². The Morgan fingerprint density at radius 2 is 1.54 bits per heavy atom. The van der Waals surface area contributed by atoms with Crippen molar-refractivity contribution in [2.24, 2.45) is 5.11 Å². The van der Waals surface area contributed by atoms with Crippen LogP contribution in [0.2, 0.25) is 0 Å². The topological polar surface area (TPSA) is 187 Å². The summed E-state index contributed by atoms with van der Waals surface area (Å²) in [4.78, 5) is 39.3. The molecule has 14 nitrogen and oxygen atoms in total. The van der Waals surface area contributed by atoms with E-state index in [0.717, 1.165) is 25.9 Å². The van der Waals surface area contributed by atoms with E-state index in [9.17, 15) is 19.0 Å². The van der Waals surface area contributed by atoms with Gasteiger partial charge in [-0.05, 0) is 38.6 Å². The first kappa shape index (κ1) is 44.1. The van der Waals surface area contributed by atoms with Crippen LogP contribution in [0.1, 0.15) is 148 Å². The average molecular weight is 730 g/mol. The second-order valence-electron chi connectivity index (χ2n) is 13.4. The fourth-order valence-electron chi connectivity index (χ4n) is 6.07. The average Bonchev–Trinajstić information content (AvgIpc) is 3.49. The van der Waals surface area contributed by atoms with E-state index in [2.05, 4.69) is 28.9 Å². The molecule has 0 spiro atoms. The SMILES string of the molecule is CCCCCCCCCCCCOC(CCCCCCC)C(C)OCCCOP(=O)(O)OC[C@H]1O[C@@H](n2cc(C)c(=O)[nH]c2=O)C[C@@H]1N=[N+]=[N-]. The second kappa shape index (κ2) is 25.9. The van der Waals surface area contributed by atoms with Crippen molar-refractivity contribution >= 4 is 7.82 Å². The minimum atomic E-state index is -4.46. The Kier molecular flexibility index (Phi) is 22.8. The zero-order valence-corrected chi connectivity index (χ0v) is 31.9. The number of nitrogens with one attached hydrogen (secondary N) is 1. The van der Waals surface area contributed by atoms with Gasteiger partial charge < -0.3 is 19.1 Å². The molecule has 2 heterocycles. The van der Waals surface area contributed by atoms with Gasteiger partial charge in [-0.3, -0.25) is 23.4 Å². The number of azide groups is 1. The van der Waals surface area contributed by atoms with Crippen molar-refractivity contribution in [1.29, 1.82) is 0 Å². The summed E-state index contributed by atoms with van der Waals surface area (Å²) in [6.07, 6.45) is 19.6. The van der Waals surface area contributed by atoms with Crippen molar-refractivity contribution in [3.63, 3.8) is 0 Å². The Morgan fingerprint density at radius 3 is 2.18 bits per heavy atom. The summed E-state index contributed by atoms with van der Waals surface area (Å²) in [7, 11) is -4.46. The normalized spacial score (nSPS) is 20.0. The van der Waals surface area contributed by atoms with Gasteiger partial charge in [0.2, 0.25) is 0 Å². The minimum Gasteiger partial charge on any atom is -0.376 e. The molecule has 1 saturated heterocycles. The van der Waals surface area contributed by atoms with Crippen LogP contribution in [-0.4, -0.2) is 65.2 Å². The maximum atomic E-state index is 12.6. The summed E-state index contributed by atoms with van der Waals surface area (Å²) in [5.41, 5.74) is 8.10. The molecule has 0 bridgehead atoms. The lowest BCUT2D eigenvalue weighted by atomic mass is 10.0. The van der Waals surface area contributed by atoms with Crippen molar-refractivity contribution in [3.05, 3.63) is 43.0 Å². The Morgan fingerprint density at radius 1 is 0.940 bits per heavy atom. The molecular weight excluding hydrogens is 665 g/mol. The molecule has 0 radical (unpaired) electrons. The number of ether oxygens (including phenoxy) is 3. The highest BCUT2D eigenvalue weighted by atomic mass is 31.2. The minimum absolute atomic E-state index is 0.00135. The van der Waals surface area contributed by atoms with E-state index in [1.165, 1.54) is 94.2 Å². The molecule has 1 aromatic rings. The van der Waals surface area contributed by atoms with Gasteiger partial charge in [-0.1, -0.05) is 109 Å². The van der Waals surface area contributed by atoms with Crippen molar-refractivity contribution < 1.29 is 32.7 Å². The highest BCUT2D eigenvalue weighted by molar-refractivity contribution is 7.47. The summed E-state index contributed by atoms with van der Waals surface area (Å²) in [5.74, 6) is 0. The number of H-pyrrole nitrogens is 1. The molecule has 0 aromatic carbocycles. The first-order chi connectivity index (χ1) is 24.1. The molecule has 1 aromatic heterocycles. The van der Waals surface area contributed by atoms with E-state index in [1.807, 2.05) is 6.92 Å². The smallest absolute Gasteiger partial charge is 0.376 e. The van der Waals surface area contributed by atoms with E-state index in [4.69, 9.17) is 28.8 Å². The van der Waals surface area contributed by atoms with Crippen molar-refractivity contribution in [1.82, 2.24) is 9.55 Å². The van der Waals surface area contributed by atoms with Crippen LogP contribution in [0.25, 0.3) is 10.4 Å². The van der Waals surface area contributed by atoms with Crippen molar-refractivity contribution in [3.8, 4) is 0 Å². The fourth-order valence-corrected chi connectivity index (χ4v) is 6.84. The van der Waals surface area contributed by atoms with Gasteiger partial charge in [-0.2, -0.15) is 0 Å². The van der Waals surface area contributed by atoms with E-state index < -0.39 is 44.1 Å². The van der Waals surface area contributed by atoms with Crippen LogP contribution >= 0.6 is 7.82 Å². The number of aromatic nitrogens is 2. The molecule has 50 heavy (non-hydrogen) atoms. The largest absolute Gasteiger partial charge is 0.472 e. The molecule has 1 aliphatic heterocycles. The predicted octanol–water partition coefficient (Wildman–Crippen LogP) is 8.41. The molecule has 2 N–H and O–H groups in total. The van der Waals surface area contributed by atoms with Crippen LogP contribution in [0, 0.1) is 6.92 Å². The third-order valence-electron chi connectivity index (χ3n) is 9.13. The van der Waals surface area contributed by atoms with Crippen LogP contribution in [-0.2, 0) is 27.8 Å². The number of hydrogen-bond acceptors (Lipinski definition) is 9. The Labute approximate surface area is 298 Å². The van der Waals surface area contributed by atoms with E-state index in [0.29, 0.717) is 18.6 Å². The number of aryl methyl sites for hydroxylation is 1. The third kappa shape index (κ3) is 18.0. The van der Waals surface area contributed by atoms with Crippen molar-refractivity contribution in [2.75, 3.05) is 26.4 Å². The Balaban J connectivity index is 1.73. The lowest BCUT2D eigenvalue weighted by Gasteiger charge is -2.25. The Hall–Kier alpha value is -2.02. The van der Waals surface area contributed by atoms with Crippen LogP contribution in [0.5, 0.6) is 0 Å². The molecule has 1 fully saturated rings. The van der Waals surface area contributed by atoms with E-state index in [1.54, 1.807) is 6.92 Å². The highest BCUT2D eigenvalue weighted by Gasteiger charge is 2.38. The van der Waals surface area contributed by atoms with Gasteiger partial charge in [-0.25, -0.2) is 9.36 Å². The predicted molar refractivity (Wildman–Crippen MR) is 194 cm³/mol. The van der Waals surface area contributed by atoms with Crippen molar-refractivity contribution in [2.45, 2.75) is 174 Å². The van der Waals surface area contributed by atoms with E-state index >= 15 is 0 Å². The molecule has 0 aliphatic carbocycles. The quantitative estimate of drug-likeness (QED) is 0.0258. The molecule has 0 saturated carbocycles. The summed E-state index contributed by atoms with van der Waals surface area (Å²) >= 11 is 0. The molecule has 3 unspecified atom stereocenters. The number of hydrogen-bond donors (Lipinski definition) is 2. The van der Waals surface area contributed by atoms with Gasteiger partial charge in [0.05, 0.1) is 37.6 Å². The standard InChI is InChI=1S/C35H64N5O9P/c1-5-7-9-11-12-13-14-15-17-19-22-46-31(21-18-16-10-8-6-2)29(4)45-23-20-24-47-50(43,44)48-27-32-30(38-39-36)25-33(49-32)40-26-28(3)34(41)37-35(40)42/h26,29-33H,5-25,27H2,1-4H3,(H,43,44)(H,37,41,42)/t29?,30-,31?,32+,33+/m0/s1. The lowest BCUT2D eigenvalue weighted by molar-refractivity contribution is -0.0719. The van der Waals surface area contributed by atoms with Gasteiger partial charge in [0, 0.05) is 36.3 Å². The van der Waals surface area contributed by atoms with Crippen LogP contribution in [0.3, 0.4) is 0 Å².